The summed E-state index contributed by atoms with van der Waals surface area (Å²) in [5.74, 6) is -0.213. The second-order valence-electron chi connectivity index (χ2n) is 5.95. The molecular weight excluding hydrogens is 239 g/mol. The fraction of sp³-hybridized carbons (Fsp3) is 0.438. The Kier molecular flexibility index (Phi) is 3.48. The number of hydrogen-bond acceptors (Lipinski definition) is 2. The Hall–Kier alpha value is -1.64. The Morgan fingerprint density at radius 2 is 1.89 bits per heavy atom. The van der Waals surface area contributed by atoms with E-state index in [1.807, 2.05) is 19.9 Å². The fourth-order valence-corrected chi connectivity index (χ4v) is 2.18. The number of nitrogens with one attached hydrogen (secondary N) is 1. The number of benzene rings is 1. The second-order valence-corrected chi connectivity index (χ2v) is 5.95. The van der Waals surface area contributed by atoms with E-state index < -0.39 is 0 Å². The average Bonchev–Trinajstić information content (AvgIpc) is 2.28. The van der Waals surface area contributed by atoms with Gasteiger partial charge in [0.05, 0.1) is 5.52 Å². The van der Waals surface area contributed by atoms with Crippen molar-refractivity contribution < 1.29 is 4.39 Å². The molecule has 0 radical (unpaired) electrons. The normalized spacial score (nSPS) is 11.9. The lowest BCUT2D eigenvalue weighted by Crippen LogP contribution is -2.15. The van der Waals surface area contributed by atoms with Crippen LogP contribution in [0, 0.1) is 12.7 Å². The standard InChI is InChI=1S/C16H21FN2/c1-6-18-13-9-14(16(3,4)5)19-15-10(2)7-11(17)8-12(13)15/h7-9H,6H2,1-5H3,(H,18,19). The predicted octanol–water partition coefficient (Wildman–Crippen LogP) is 4.41. The van der Waals surface area contributed by atoms with Crippen molar-refractivity contribution in [1.82, 2.24) is 4.98 Å². The number of halogens is 1. The summed E-state index contributed by atoms with van der Waals surface area (Å²) in [6, 6.07) is 5.13. The minimum atomic E-state index is -0.213. The van der Waals surface area contributed by atoms with Crippen molar-refractivity contribution in [1.29, 1.82) is 0 Å². The van der Waals surface area contributed by atoms with Crippen molar-refractivity contribution >= 4 is 16.6 Å². The lowest BCUT2D eigenvalue weighted by atomic mass is 9.90. The molecule has 0 fully saturated rings. The summed E-state index contributed by atoms with van der Waals surface area (Å²) in [6.45, 7) is 11.1. The monoisotopic (exact) mass is 260 g/mol. The van der Waals surface area contributed by atoms with E-state index >= 15 is 0 Å². The van der Waals surface area contributed by atoms with Crippen molar-refractivity contribution in [2.24, 2.45) is 0 Å². The molecule has 0 aliphatic carbocycles. The van der Waals surface area contributed by atoms with Crippen LogP contribution in [0.25, 0.3) is 10.9 Å². The van der Waals surface area contributed by atoms with Crippen LogP contribution in [-0.4, -0.2) is 11.5 Å². The van der Waals surface area contributed by atoms with E-state index in [9.17, 15) is 4.39 Å². The Bertz CT molecular complexity index is 612. The van der Waals surface area contributed by atoms with Gasteiger partial charge in [0, 0.05) is 28.7 Å². The average molecular weight is 260 g/mol. The van der Waals surface area contributed by atoms with Crippen LogP contribution in [0.1, 0.15) is 39.0 Å². The molecular formula is C16H21FN2. The van der Waals surface area contributed by atoms with Gasteiger partial charge in [0.2, 0.25) is 0 Å². The third-order valence-electron chi connectivity index (χ3n) is 3.20. The summed E-state index contributed by atoms with van der Waals surface area (Å²) in [4.78, 5) is 4.72. The Balaban J connectivity index is 2.79. The van der Waals surface area contributed by atoms with Crippen LogP contribution in [0.15, 0.2) is 18.2 Å². The number of anilines is 1. The highest BCUT2D eigenvalue weighted by atomic mass is 19.1. The second kappa shape index (κ2) is 4.80. The zero-order valence-electron chi connectivity index (χ0n) is 12.3. The molecule has 2 rings (SSSR count). The van der Waals surface area contributed by atoms with Gasteiger partial charge in [0.15, 0.2) is 0 Å². The Morgan fingerprint density at radius 1 is 1.21 bits per heavy atom. The number of aromatic nitrogens is 1. The molecule has 19 heavy (non-hydrogen) atoms. The lowest BCUT2D eigenvalue weighted by Gasteiger charge is -2.21. The molecule has 0 saturated carbocycles. The van der Waals surface area contributed by atoms with Gasteiger partial charge in [-0.05, 0) is 37.6 Å². The molecule has 0 spiro atoms. The van der Waals surface area contributed by atoms with Crippen molar-refractivity contribution in [2.45, 2.75) is 40.0 Å². The van der Waals surface area contributed by atoms with Gasteiger partial charge in [-0.3, -0.25) is 4.98 Å². The summed E-state index contributed by atoms with van der Waals surface area (Å²) in [5.41, 5.74) is 3.70. The van der Waals surface area contributed by atoms with Crippen LogP contribution in [0.2, 0.25) is 0 Å². The smallest absolute Gasteiger partial charge is 0.124 e. The van der Waals surface area contributed by atoms with Crippen LogP contribution in [-0.2, 0) is 5.41 Å². The quantitative estimate of drug-likeness (QED) is 0.865. The summed E-state index contributed by atoms with van der Waals surface area (Å²) in [7, 11) is 0. The van der Waals surface area contributed by atoms with Crippen LogP contribution in [0.4, 0.5) is 10.1 Å². The van der Waals surface area contributed by atoms with E-state index in [4.69, 9.17) is 4.98 Å². The minimum absolute atomic E-state index is 0.0286. The van der Waals surface area contributed by atoms with Gasteiger partial charge in [-0.2, -0.15) is 0 Å². The van der Waals surface area contributed by atoms with Gasteiger partial charge in [-0.15, -0.1) is 0 Å². The highest BCUT2D eigenvalue weighted by Crippen LogP contribution is 2.31. The maximum absolute atomic E-state index is 13.6. The number of rotatable bonds is 2. The van der Waals surface area contributed by atoms with Crippen LogP contribution >= 0.6 is 0 Å². The van der Waals surface area contributed by atoms with Crippen molar-refractivity contribution in [2.75, 3.05) is 11.9 Å². The Morgan fingerprint density at radius 3 is 2.47 bits per heavy atom. The predicted molar refractivity (Wildman–Crippen MR) is 79.3 cm³/mol. The maximum atomic E-state index is 13.6. The molecule has 1 N–H and O–H groups in total. The molecule has 3 heteroatoms. The first-order valence-corrected chi connectivity index (χ1v) is 6.68. The number of aryl methyl sites for hydroxylation is 1. The van der Waals surface area contributed by atoms with Crippen LogP contribution in [0.5, 0.6) is 0 Å². The van der Waals surface area contributed by atoms with Gasteiger partial charge in [0.1, 0.15) is 5.82 Å². The van der Waals surface area contributed by atoms with E-state index in [0.717, 1.165) is 34.4 Å². The van der Waals surface area contributed by atoms with E-state index in [1.165, 1.54) is 6.07 Å². The molecule has 0 saturated heterocycles. The molecule has 0 aliphatic rings. The Labute approximate surface area is 114 Å². The van der Waals surface area contributed by atoms with Crippen LogP contribution < -0.4 is 5.32 Å². The minimum Gasteiger partial charge on any atom is -0.385 e. The van der Waals surface area contributed by atoms with Gasteiger partial charge in [0.25, 0.3) is 0 Å². The molecule has 1 aromatic heterocycles. The van der Waals surface area contributed by atoms with Gasteiger partial charge in [-0.25, -0.2) is 4.39 Å². The fourth-order valence-electron chi connectivity index (χ4n) is 2.18. The number of pyridine rings is 1. The van der Waals surface area contributed by atoms with Crippen molar-refractivity contribution in [3.63, 3.8) is 0 Å². The molecule has 0 unspecified atom stereocenters. The molecule has 0 aliphatic heterocycles. The zero-order valence-corrected chi connectivity index (χ0v) is 12.3. The summed E-state index contributed by atoms with van der Waals surface area (Å²) >= 11 is 0. The topological polar surface area (TPSA) is 24.9 Å². The van der Waals surface area contributed by atoms with Gasteiger partial charge >= 0.3 is 0 Å². The lowest BCUT2D eigenvalue weighted by molar-refractivity contribution is 0.571. The highest BCUT2D eigenvalue weighted by Gasteiger charge is 2.18. The zero-order chi connectivity index (χ0) is 14.2. The van der Waals surface area contributed by atoms with Crippen LogP contribution in [0.3, 0.4) is 0 Å². The SMILES string of the molecule is CCNc1cc(C(C)(C)C)nc2c(C)cc(F)cc12. The molecule has 0 atom stereocenters. The molecule has 1 aromatic carbocycles. The first-order valence-electron chi connectivity index (χ1n) is 6.68. The van der Waals surface area contributed by atoms with Crippen molar-refractivity contribution in [3.8, 4) is 0 Å². The highest BCUT2D eigenvalue weighted by molar-refractivity contribution is 5.93. The third kappa shape index (κ3) is 2.70. The molecule has 2 nitrogen and oxygen atoms in total. The van der Waals surface area contributed by atoms with E-state index in [0.29, 0.717) is 0 Å². The third-order valence-corrected chi connectivity index (χ3v) is 3.20. The summed E-state index contributed by atoms with van der Waals surface area (Å²) < 4.78 is 13.6. The van der Waals surface area contributed by atoms with E-state index in [-0.39, 0.29) is 11.2 Å². The molecule has 0 bridgehead atoms. The molecule has 1 heterocycles. The molecule has 2 aromatic rings. The largest absolute Gasteiger partial charge is 0.385 e. The number of hydrogen-bond donors (Lipinski definition) is 1. The first kappa shape index (κ1) is 13.8. The number of nitrogens with zero attached hydrogens (tertiary/aromatic N) is 1. The summed E-state index contributed by atoms with van der Waals surface area (Å²) in [5, 5.41) is 4.16. The van der Waals surface area contributed by atoms with Gasteiger partial charge in [-0.1, -0.05) is 20.8 Å². The maximum Gasteiger partial charge on any atom is 0.124 e. The van der Waals surface area contributed by atoms with E-state index in [2.05, 4.69) is 26.1 Å². The van der Waals surface area contributed by atoms with E-state index in [1.54, 1.807) is 6.07 Å². The summed E-state index contributed by atoms with van der Waals surface area (Å²) in [6.07, 6.45) is 0. The van der Waals surface area contributed by atoms with Crippen molar-refractivity contribution in [3.05, 3.63) is 35.3 Å². The molecule has 0 amide bonds. The molecule has 102 valence electrons. The van der Waals surface area contributed by atoms with Gasteiger partial charge < -0.3 is 5.32 Å². The first-order chi connectivity index (χ1) is 8.82. The number of fused-ring (bicyclic) bond motifs is 1.